The Kier molecular flexibility index (Phi) is 5.66. The molecule has 0 spiro atoms. The lowest BCUT2D eigenvalue weighted by molar-refractivity contribution is 0.177. The maximum absolute atomic E-state index is 11.4. The second-order valence-electron chi connectivity index (χ2n) is 2.50. The van der Waals surface area contributed by atoms with Crippen LogP contribution in [-0.2, 0) is 14.9 Å². The molecule has 0 atom stereocenters. The predicted molar refractivity (Wildman–Crippen MR) is 51.9 cm³/mol. The van der Waals surface area contributed by atoms with Crippen molar-refractivity contribution < 1.29 is 17.9 Å². The van der Waals surface area contributed by atoms with Gasteiger partial charge in [0.25, 0.3) is 0 Å². The van der Waals surface area contributed by atoms with E-state index in [1.165, 1.54) is 0 Å². The van der Waals surface area contributed by atoms with Gasteiger partial charge in [-0.15, -0.1) is 0 Å². The Morgan fingerprint density at radius 2 is 2.20 bits per heavy atom. The van der Waals surface area contributed by atoms with E-state index < -0.39 is 16.3 Å². The minimum atomic E-state index is -3.90. The van der Waals surface area contributed by atoms with Crippen LogP contribution in [0, 0.1) is 11.3 Å². The van der Waals surface area contributed by atoms with Gasteiger partial charge in [-0.2, -0.15) is 18.0 Å². The fourth-order valence-corrected chi connectivity index (χ4v) is 1.93. The molecule has 0 heterocycles. The van der Waals surface area contributed by atoms with E-state index in [4.69, 9.17) is 5.26 Å². The van der Waals surface area contributed by atoms with Gasteiger partial charge < -0.3 is 4.74 Å². The number of ether oxygens (including phenoxy) is 1. The third-order valence-electron chi connectivity index (χ3n) is 1.56. The van der Waals surface area contributed by atoms with E-state index >= 15 is 0 Å². The third kappa shape index (κ3) is 4.62. The van der Waals surface area contributed by atoms with Crippen LogP contribution in [0.15, 0.2) is 0 Å². The van der Waals surface area contributed by atoms with Gasteiger partial charge in [-0.1, -0.05) is 6.92 Å². The van der Waals surface area contributed by atoms with Crippen molar-refractivity contribution in [3.05, 3.63) is 0 Å². The van der Waals surface area contributed by atoms with E-state index in [9.17, 15) is 13.2 Å². The molecule has 0 saturated heterocycles. The summed E-state index contributed by atoms with van der Waals surface area (Å²) in [5, 5.41) is 8.32. The highest BCUT2D eigenvalue weighted by Gasteiger charge is 2.22. The van der Waals surface area contributed by atoms with Crippen molar-refractivity contribution in [1.82, 2.24) is 9.03 Å². The van der Waals surface area contributed by atoms with Crippen molar-refractivity contribution in [3.63, 3.8) is 0 Å². The fourth-order valence-electron chi connectivity index (χ4n) is 0.834. The maximum atomic E-state index is 11.4. The molecule has 1 N–H and O–H groups in total. The minimum absolute atomic E-state index is 0.0410. The summed E-state index contributed by atoms with van der Waals surface area (Å²) in [5.74, 6) is 0. The first-order valence-electron chi connectivity index (χ1n) is 4.20. The maximum Gasteiger partial charge on any atom is 0.421 e. The standard InChI is InChI=1S/C7H13N3O4S/c1-3-10(6-4-5-8)15(12,13)9-7(11)14-2/h3-4,6H2,1-2H3,(H,9,11). The zero-order valence-electron chi connectivity index (χ0n) is 8.56. The lowest BCUT2D eigenvalue weighted by Crippen LogP contribution is -2.43. The van der Waals surface area contributed by atoms with E-state index in [1.807, 2.05) is 6.07 Å². The third-order valence-corrected chi connectivity index (χ3v) is 3.11. The molecule has 0 saturated carbocycles. The highest BCUT2D eigenvalue weighted by Crippen LogP contribution is 1.99. The quantitative estimate of drug-likeness (QED) is 0.712. The first-order valence-corrected chi connectivity index (χ1v) is 5.64. The van der Waals surface area contributed by atoms with E-state index in [-0.39, 0.29) is 19.5 Å². The highest BCUT2D eigenvalue weighted by molar-refractivity contribution is 7.87. The fraction of sp³-hybridized carbons (Fsp3) is 0.714. The number of nitrogens with one attached hydrogen (secondary N) is 1. The van der Waals surface area contributed by atoms with Crippen LogP contribution in [0.4, 0.5) is 4.79 Å². The molecule has 0 aromatic heterocycles. The second-order valence-corrected chi connectivity index (χ2v) is 4.17. The number of nitriles is 1. The van der Waals surface area contributed by atoms with Gasteiger partial charge in [-0.25, -0.2) is 9.52 Å². The molecule has 1 amide bonds. The van der Waals surface area contributed by atoms with Gasteiger partial charge in [0.15, 0.2) is 0 Å². The number of carbonyl (C=O) groups is 1. The van der Waals surface area contributed by atoms with E-state index in [0.29, 0.717) is 0 Å². The Balaban J connectivity index is 4.53. The molecule has 7 nitrogen and oxygen atoms in total. The molecule has 0 bridgehead atoms. The zero-order valence-corrected chi connectivity index (χ0v) is 9.37. The molecule has 0 aliphatic rings. The summed E-state index contributed by atoms with van der Waals surface area (Å²) in [6.07, 6.45) is -0.985. The minimum Gasteiger partial charge on any atom is -0.452 e. The molecule has 86 valence electrons. The number of rotatable bonds is 5. The van der Waals surface area contributed by atoms with E-state index in [2.05, 4.69) is 4.74 Å². The lowest BCUT2D eigenvalue weighted by atomic mass is 10.5. The summed E-state index contributed by atoms with van der Waals surface area (Å²) in [4.78, 5) is 10.7. The average Bonchev–Trinajstić information content (AvgIpc) is 2.17. The summed E-state index contributed by atoms with van der Waals surface area (Å²) in [6, 6.07) is 1.82. The molecule has 0 aliphatic carbocycles. The van der Waals surface area contributed by atoms with Crippen LogP contribution < -0.4 is 4.72 Å². The number of hydrogen-bond acceptors (Lipinski definition) is 5. The van der Waals surface area contributed by atoms with Crippen LogP contribution in [0.2, 0.25) is 0 Å². The molecule has 0 radical (unpaired) electrons. The van der Waals surface area contributed by atoms with Crippen LogP contribution >= 0.6 is 0 Å². The van der Waals surface area contributed by atoms with Gasteiger partial charge in [-0.05, 0) is 0 Å². The van der Waals surface area contributed by atoms with Gasteiger partial charge >= 0.3 is 16.3 Å². The average molecular weight is 235 g/mol. The van der Waals surface area contributed by atoms with Crippen molar-refractivity contribution in [2.45, 2.75) is 13.3 Å². The van der Waals surface area contributed by atoms with Gasteiger partial charge in [0.05, 0.1) is 13.2 Å². The summed E-state index contributed by atoms with van der Waals surface area (Å²) >= 11 is 0. The Bertz CT molecular complexity index is 346. The Labute approximate surface area is 88.8 Å². The summed E-state index contributed by atoms with van der Waals surface area (Å²) in [7, 11) is -2.83. The topological polar surface area (TPSA) is 99.5 Å². The molecule has 0 rings (SSSR count). The molecule has 0 aromatic carbocycles. The molecular formula is C7H13N3O4S. The van der Waals surface area contributed by atoms with Crippen molar-refractivity contribution >= 4 is 16.3 Å². The number of amides is 1. The second kappa shape index (κ2) is 6.21. The first-order chi connectivity index (χ1) is 6.97. The number of hydrogen-bond donors (Lipinski definition) is 1. The largest absolute Gasteiger partial charge is 0.452 e. The van der Waals surface area contributed by atoms with Crippen molar-refractivity contribution in [3.8, 4) is 6.07 Å². The molecular weight excluding hydrogens is 222 g/mol. The molecule has 0 aliphatic heterocycles. The van der Waals surface area contributed by atoms with Gasteiger partial charge in [0.2, 0.25) is 0 Å². The zero-order chi connectivity index (χ0) is 11.9. The van der Waals surface area contributed by atoms with Crippen LogP contribution in [0.5, 0.6) is 0 Å². The first kappa shape index (κ1) is 13.7. The summed E-state index contributed by atoms with van der Waals surface area (Å²) in [5.41, 5.74) is 0. The predicted octanol–water partition coefficient (Wildman–Crippen LogP) is -0.177. The smallest absolute Gasteiger partial charge is 0.421 e. The Morgan fingerprint density at radius 3 is 2.60 bits per heavy atom. The van der Waals surface area contributed by atoms with Crippen LogP contribution in [0.25, 0.3) is 0 Å². The summed E-state index contributed by atoms with van der Waals surface area (Å²) < 4.78 is 29.7. The monoisotopic (exact) mass is 235 g/mol. The highest BCUT2D eigenvalue weighted by atomic mass is 32.2. The molecule has 8 heteroatoms. The molecule has 15 heavy (non-hydrogen) atoms. The number of methoxy groups -OCH3 is 1. The normalized spacial score (nSPS) is 10.8. The molecule has 0 unspecified atom stereocenters. The van der Waals surface area contributed by atoms with Crippen LogP contribution in [0.3, 0.4) is 0 Å². The molecule has 0 fully saturated rings. The van der Waals surface area contributed by atoms with Crippen LogP contribution in [0.1, 0.15) is 13.3 Å². The van der Waals surface area contributed by atoms with Crippen molar-refractivity contribution in [2.75, 3.05) is 20.2 Å². The molecule has 0 aromatic rings. The van der Waals surface area contributed by atoms with Crippen molar-refractivity contribution in [1.29, 1.82) is 5.26 Å². The SMILES string of the molecule is CCN(CCC#N)S(=O)(=O)NC(=O)OC. The van der Waals surface area contributed by atoms with Gasteiger partial charge in [0, 0.05) is 19.5 Å². The summed E-state index contributed by atoms with van der Waals surface area (Å²) in [6.45, 7) is 1.82. The van der Waals surface area contributed by atoms with E-state index in [1.54, 1.807) is 11.6 Å². The Hall–Kier alpha value is -1.33. The Morgan fingerprint density at radius 1 is 1.60 bits per heavy atom. The van der Waals surface area contributed by atoms with Crippen molar-refractivity contribution in [2.24, 2.45) is 0 Å². The number of carbonyl (C=O) groups excluding carboxylic acids is 1. The lowest BCUT2D eigenvalue weighted by Gasteiger charge is -2.18. The van der Waals surface area contributed by atoms with Crippen LogP contribution in [-0.4, -0.2) is 39.0 Å². The van der Waals surface area contributed by atoms with Gasteiger partial charge in [0.1, 0.15) is 0 Å². The van der Waals surface area contributed by atoms with Gasteiger partial charge in [-0.3, -0.25) is 0 Å². The number of nitrogens with zero attached hydrogens (tertiary/aromatic N) is 2. The van der Waals surface area contributed by atoms with E-state index in [0.717, 1.165) is 11.4 Å².